The summed E-state index contributed by atoms with van der Waals surface area (Å²) in [5.41, 5.74) is 3.35. The van der Waals surface area contributed by atoms with Crippen molar-refractivity contribution in [3.63, 3.8) is 0 Å². The first kappa shape index (κ1) is 15.2. The van der Waals surface area contributed by atoms with Crippen molar-refractivity contribution in [2.45, 2.75) is 6.54 Å². The molecule has 0 saturated heterocycles. The van der Waals surface area contributed by atoms with Crippen LogP contribution in [0.2, 0.25) is 0 Å². The van der Waals surface area contributed by atoms with E-state index in [0.717, 1.165) is 5.56 Å². The van der Waals surface area contributed by atoms with Gasteiger partial charge in [-0.25, -0.2) is 5.43 Å². The number of amides is 2. The largest absolute Gasteiger partial charge is 0.507 e. The molecule has 0 saturated carbocycles. The molecule has 0 aliphatic heterocycles. The lowest BCUT2D eigenvalue weighted by Gasteiger charge is -2.03. The summed E-state index contributed by atoms with van der Waals surface area (Å²) < 4.78 is 0. The highest BCUT2D eigenvalue weighted by molar-refractivity contribution is 6.35. The van der Waals surface area contributed by atoms with Crippen LogP contribution in [0.3, 0.4) is 0 Å². The maximum absolute atomic E-state index is 11.6. The quantitative estimate of drug-likeness (QED) is 0.435. The van der Waals surface area contributed by atoms with E-state index in [1.165, 1.54) is 12.3 Å². The summed E-state index contributed by atoms with van der Waals surface area (Å²) in [7, 11) is 0. The Hall–Kier alpha value is -3.22. The molecule has 3 N–H and O–H groups in total. The number of hydrogen-bond acceptors (Lipinski definition) is 5. The molecular formula is C15H14N4O3. The molecule has 1 aromatic carbocycles. The van der Waals surface area contributed by atoms with E-state index in [1.807, 2.05) is 0 Å². The second-order valence-electron chi connectivity index (χ2n) is 4.30. The van der Waals surface area contributed by atoms with E-state index in [1.54, 1.807) is 42.7 Å². The van der Waals surface area contributed by atoms with Crippen molar-refractivity contribution in [1.82, 2.24) is 15.7 Å². The van der Waals surface area contributed by atoms with Gasteiger partial charge in [0.1, 0.15) is 5.75 Å². The fraction of sp³-hybridized carbons (Fsp3) is 0.0667. The van der Waals surface area contributed by atoms with E-state index < -0.39 is 11.8 Å². The third-order valence-corrected chi connectivity index (χ3v) is 2.72. The molecule has 7 nitrogen and oxygen atoms in total. The number of phenols is 1. The maximum Gasteiger partial charge on any atom is 0.329 e. The highest BCUT2D eigenvalue weighted by atomic mass is 16.3. The molecule has 0 fully saturated rings. The van der Waals surface area contributed by atoms with Crippen LogP contribution < -0.4 is 10.7 Å². The van der Waals surface area contributed by atoms with E-state index in [-0.39, 0.29) is 12.3 Å². The first-order valence-corrected chi connectivity index (χ1v) is 6.45. The van der Waals surface area contributed by atoms with Crippen LogP contribution >= 0.6 is 0 Å². The molecule has 22 heavy (non-hydrogen) atoms. The molecule has 2 rings (SSSR count). The number of phenolic OH excluding ortho intramolecular Hbond substituents is 1. The van der Waals surface area contributed by atoms with Gasteiger partial charge in [-0.15, -0.1) is 0 Å². The molecule has 0 spiro atoms. The van der Waals surface area contributed by atoms with Crippen molar-refractivity contribution in [3.05, 3.63) is 59.9 Å². The first-order valence-electron chi connectivity index (χ1n) is 6.45. The number of aromatic hydroxyl groups is 1. The van der Waals surface area contributed by atoms with Crippen molar-refractivity contribution < 1.29 is 14.7 Å². The Bertz CT molecular complexity index is 686. The molecule has 1 aromatic heterocycles. The number of nitrogens with one attached hydrogen (secondary N) is 2. The number of benzene rings is 1. The lowest BCUT2D eigenvalue weighted by Crippen LogP contribution is -2.37. The highest BCUT2D eigenvalue weighted by Gasteiger charge is 2.11. The fourth-order valence-electron chi connectivity index (χ4n) is 1.57. The standard InChI is InChI=1S/C15H14N4O3/c20-13-4-2-1-3-12(13)10-18-19-15(22)14(21)17-9-11-5-7-16-8-6-11/h1-8,10,20H,9H2,(H,17,21)(H,19,22)/b18-10+. The van der Waals surface area contributed by atoms with Gasteiger partial charge in [0.2, 0.25) is 0 Å². The number of rotatable bonds is 4. The zero-order valence-corrected chi connectivity index (χ0v) is 11.6. The summed E-state index contributed by atoms with van der Waals surface area (Å²) in [6.45, 7) is 0.220. The topological polar surface area (TPSA) is 104 Å². The number of hydrogen-bond donors (Lipinski definition) is 3. The molecule has 1 heterocycles. The van der Waals surface area contributed by atoms with E-state index in [4.69, 9.17) is 0 Å². The number of carbonyl (C=O) groups is 2. The van der Waals surface area contributed by atoms with Gasteiger partial charge in [-0.3, -0.25) is 14.6 Å². The molecule has 0 aliphatic rings. The normalized spacial score (nSPS) is 10.4. The van der Waals surface area contributed by atoms with Crippen LogP contribution in [0.25, 0.3) is 0 Å². The third kappa shape index (κ3) is 4.41. The summed E-state index contributed by atoms with van der Waals surface area (Å²) in [5.74, 6) is -1.66. The zero-order chi connectivity index (χ0) is 15.8. The third-order valence-electron chi connectivity index (χ3n) is 2.72. The van der Waals surface area contributed by atoms with Crippen LogP contribution in [0.5, 0.6) is 5.75 Å². The van der Waals surface area contributed by atoms with Crippen LogP contribution in [0.1, 0.15) is 11.1 Å². The van der Waals surface area contributed by atoms with E-state index in [2.05, 4.69) is 20.8 Å². The Balaban J connectivity index is 1.82. The Kier molecular flexibility index (Phi) is 5.20. The van der Waals surface area contributed by atoms with Gasteiger partial charge in [0.25, 0.3) is 0 Å². The van der Waals surface area contributed by atoms with Crippen LogP contribution in [0.4, 0.5) is 0 Å². The summed E-state index contributed by atoms with van der Waals surface area (Å²) in [5, 5.41) is 15.6. The molecule has 7 heteroatoms. The molecule has 0 atom stereocenters. The predicted molar refractivity (Wildman–Crippen MR) is 79.9 cm³/mol. The van der Waals surface area contributed by atoms with E-state index in [9.17, 15) is 14.7 Å². The average molecular weight is 298 g/mol. The molecular weight excluding hydrogens is 284 g/mol. The second-order valence-corrected chi connectivity index (χ2v) is 4.30. The molecule has 0 unspecified atom stereocenters. The monoisotopic (exact) mass is 298 g/mol. The molecule has 2 amide bonds. The number of carbonyl (C=O) groups excluding carboxylic acids is 2. The van der Waals surface area contributed by atoms with Crippen molar-refractivity contribution >= 4 is 18.0 Å². The number of hydrazone groups is 1. The number of aromatic nitrogens is 1. The number of para-hydroxylation sites is 1. The maximum atomic E-state index is 11.6. The lowest BCUT2D eigenvalue weighted by molar-refractivity contribution is -0.139. The second kappa shape index (κ2) is 7.53. The van der Waals surface area contributed by atoms with Crippen molar-refractivity contribution in [2.24, 2.45) is 5.10 Å². The SMILES string of the molecule is O=C(NCc1ccncc1)C(=O)N/N=C/c1ccccc1O. The summed E-state index contributed by atoms with van der Waals surface area (Å²) in [4.78, 5) is 26.9. The van der Waals surface area contributed by atoms with Gasteiger partial charge in [-0.1, -0.05) is 12.1 Å². The van der Waals surface area contributed by atoms with Gasteiger partial charge in [0, 0.05) is 24.5 Å². The van der Waals surface area contributed by atoms with Crippen LogP contribution in [-0.2, 0) is 16.1 Å². The first-order chi connectivity index (χ1) is 10.7. The highest BCUT2D eigenvalue weighted by Crippen LogP contribution is 2.12. The lowest BCUT2D eigenvalue weighted by atomic mass is 10.2. The van der Waals surface area contributed by atoms with Gasteiger partial charge in [-0.05, 0) is 29.8 Å². The van der Waals surface area contributed by atoms with Crippen molar-refractivity contribution in [2.75, 3.05) is 0 Å². The Morgan fingerprint density at radius 1 is 1.14 bits per heavy atom. The zero-order valence-electron chi connectivity index (χ0n) is 11.6. The predicted octanol–water partition coefficient (Wildman–Crippen LogP) is 0.554. The van der Waals surface area contributed by atoms with Crippen LogP contribution in [0, 0.1) is 0 Å². The van der Waals surface area contributed by atoms with Gasteiger partial charge in [0.05, 0.1) is 6.21 Å². The summed E-state index contributed by atoms with van der Waals surface area (Å²) in [6, 6.07) is 9.95. The summed E-state index contributed by atoms with van der Waals surface area (Å²) >= 11 is 0. The van der Waals surface area contributed by atoms with Gasteiger partial charge in [0.15, 0.2) is 0 Å². The smallest absolute Gasteiger partial charge is 0.329 e. The van der Waals surface area contributed by atoms with Crippen LogP contribution in [0.15, 0.2) is 53.9 Å². The van der Waals surface area contributed by atoms with E-state index in [0.29, 0.717) is 5.56 Å². The van der Waals surface area contributed by atoms with Gasteiger partial charge < -0.3 is 10.4 Å². The molecule has 2 aromatic rings. The van der Waals surface area contributed by atoms with Gasteiger partial charge in [-0.2, -0.15) is 5.10 Å². The van der Waals surface area contributed by atoms with Gasteiger partial charge >= 0.3 is 11.8 Å². The Labute approximate surface area is 126 Å². The average Bonchev–Trinajstić information content (AvgIpc) is 2.55. The summed E-state index contributed by atoms with van der Waals surface area (Å²) in [6.07, 6.45) is 4.44. The van der Waals surface area contributed by atoms with Crippen molar-refractivity contribution in [3.8, 4) is 5.75 Å². The van der Waals surface area contributed by atoms with Crippen LogP contribution in [-0.4, -0.2) is 28.1 Å². The molecule has 0 bridgehead atoms. The van der Waals surface area contributed by atoms with Crippen molar-refractivity contribution in [1.29, 1.82) is 0 Å². The minimum absolute atomic E-state index is 0.0302. The number of nitrogens with zero attached hydrogens (tertiary/aromatic N) is 2. The Morgan fingerprint density at radius 3 is 2.59 bits per heavy atom. The minimum atomic E-state index is -0.888. The minimum Gasteiger partial charge on any atom is -0.507 e. The fourth-order valence-corrected chi connectivity index (χ4v) is 1.57. The van der Waals surface area contributed by atoms with E-state index >= 15 is 0 Å². The molecule has 112 valence electrons. The molecule has 0 aliphatic carbocycles. The molecule has 0 radical (unpaired) electrons. The number of pyridine rings is 1. The Morgan fingerprint density at radius 2 is 1.86 bits per heavy atom.